The highest BCUT2D eigenvalue weighted by Gasteiger charge is 2.21. The number of halogens is 1. The lowest BCUT2D eigenvalue weighted by atomic mass is 9.98. The first-order valence-electron chi connectivity index (χ1n) is 3.46. The van der Waals surface area contributed by atoms with Gasteiger partial charge in [-0.2, -0.15) is 5.26 Å². The lowest BCUT2D eigenvalue weighted by Gasteiger charge is -2.13. The van der Waals surface area contributed by atoms with E-state index in [1.165, 1.54) is 6.92 Å². The Bertz CT molecular complexity index is 310. The highest BCUT2D eigenvalue weighted by atomic mass is 79.9. The summed E-state index contributed by atoms with van der Waals surface area (Å²) < 4.78 is 0.931. The number of hydrogen-bond donors (Lipinski definition) is 1. The number of aliphatic hydroxyl groups is 1. The van der Waals surface area contributed by atoms with Crippen LogP contribution in [0, 0.1) is 11.3 Å². The average molecular weight is 226 g/mol. The molecule has 0 aliphatic heterocycles. The molecule has 62 valence electrons. The maximum absolute atomic E-state index is 9.51. The van der Waals surface area contributed by atoms with Crippen LogP contribution in [0.15, 0.2) is 28.7 Å². The molecule has 0 heterocycles. The number of benzene rings is 1. The molecule has 0 aliphatic rings. The highest BCUT2D eigenvalue weighted by molar-refractivity contribution is 9.10. The zero-order valence-corrected chi connectivity index (χ0v) is 8.17. The summed E-state index contributed by atoms with van der Waals surface area (Å²) in [7, 11) is 0. The van der Waals surface area contributed by atoms with Gasteiger partial charge in [0.15, 0.2) is 5.60 Å². The third-order valence-corrected chi connectivity index (χ3v) is 2.15. The van der Waals surface area contributed by atoms with Crippen LogP contribution < -0.4 is 0 Å². The molecule has 0 aromatic heterocycles. The van der Waals surface area contributed by atoms with Gasteiger partial charge in [-0.15, -0.1) is 0 Å². The summed E-state index contributed by atoms with van der Waals surface area (Å²) in [4.78, 5) is 0. The minimum atomic E-state index is -1.39. The molecule has 0 aliphatic carbocycles. The number of nitrogens with zero attached hydrogens (tertiary/aromatic N) is 1. The molecule has 1 aromatic carbocycles. The molecule has 0 amide bonds. The van der Waals surface area contributed by atoms with E-state index < -0.39 is 5.60 Å². The van der Waals surface area contributed by atoms with Crippen LogP contribution >= 0.6 is 15.9 Å². The Labute approximate surface area is 79.6 Å². The molecule has 0 spiro atoms. The van der Waals surface area contributed by atoms with Gasteiger partial charge in [0.25, 0.3) is 0 Å². The molecule has 1 aromatic rings. The second-order valence-corrected chi connectivity index (χ2v) is 3.61. The van der Waals surface area contributed by atoms with Gasteiger partial charge < -0.3 is 5.11 Å². The fourth-order valence-corrected chi connectivity index (χ4v) is 1.10. The van der Waals surface area contributed by atoms with Gasteiger partial charge in [0.2, 0.25) is 0 Å². The molecule has 2 nitrogen and oxygen atoms in total. The molecule has 0 unspecified atom stereocenters. The van der Waals surface area contributed by atoms with Crippen LogP contribution in [0.2, 0.25) is 0 Å². The van der Waals surface area contributed by atoms with Gasteiger partial charge in [-0.05, 0) is 24.6 Å². The SMILES string of the molecule is C[C@@](O)(C#N)c1ccc(Br)cc1. The van der Waals surface area contributed by atoms with Crippen molar-refractivity contribution in [3.05, 3.63) is 34.3 Å². The van der Waals surface area contributed by atoms with Crippen molar-refractivity contribution in [2.24, 2.45) is 0 Å². The molecule has 0 fully saturated rings. The summed E-state index contributed by atoms with van der Waals surface area (Å²) in [5, 5.41) is 18.1. The Morgan fingerprint density at radius 1 is 1.42 bits per heavy atom. The molecule has 1 rings (SSSR count). The average Bonchev–Trinajstić information content (AvgIpc) is 2.05. The fourth-order valence-electron chi connectivity index (χ4n) is 0.839. The van der Waals surface area contributed by atoms with Crippen LogP contribution in [-0.2, 0) is 5.60 Å². The normalized spacial score (nSPS) is 14.8. The zero-order valence-electron chi connectivity index (χ0n) is 6.58. The van der Waals surface area contributed by atoms with E-state index >= 15 is 0 Å². The van der Waals surface area contributed by atoms with E-state index in [0.29, 0.717) is 5.56 Å². The first-order valence-corrected chi connectivity index (χ1v) is 4.25. The molecular formula is C9H8BrNO. The van der Waals surface area contributed by atoms with E-state index in [1.807, 2.05) is 6.07 Å². The summed E-state index contributed by atoms with van der Waals surface area (Å²) in [5.41, 5.74) is -0.783. The Balaban J connectivity index is 3.07. The van der Waals surface area contributed by atoms with Crippen molar-refractivity contribution in [2.45, 2.75) is 12.5 Å². The number of nitriles is 1. The van der Waals surface area contributed by atoms with E-state index in [0.717, 1.165) is 4.47 Å². The van der Waals surface area contributed by atoms with E-state index in [-0.39, 0.29) is 0 Å². The van der Waals surface area contributed by atoms with Crippen LogP contribution in [0.3, 0.4) is 0 Å². The molecule has 0 saturated carbocycles. The standard InChI is InChI=1S/C9H8BrNO/c1-9(12,6-11)7-2-4-8(10)5-3-7/h2-5,12H,1H3/t9-/m1/s1. The van der Waals surface area contributed by atoms with Gasteiger partial charge in [0, 0.05) is 4.47 Å². The maximum atomic E-state index is 9.51. The van der Waals surface area contributed by atoms with Crippen LogP contribution in [0.25, 0.3) is 0 Å². The topological polar surface area (TPSA) is 44.0 Å². The summed E-state index contributed by atoms with van der Waals surface area (Å²) in [6.07, 6.45) is 0. The van der Waals surface area contributed by atoms with Gasteiger partial charge in [0.1, 0.15) is 6.07 Å². The Kier molecular flexibility index (Phi) is 2.51. The van der Waals surface area contributed by atoms with Crippen molar-refractivity contribution >= 4 is 15.9 Å². The quantitative estimate of drug-likeness (QED) is 0.746. The molecular weight excluding hydrogens is 218 g/mol. The first-order chi connectivity index (χ1) is 5.56. The largest absolute Gasteiger partial charge is 0.372 e. The van der Waals surface area contributed by atoms with Gasteiger partial charge in [-0.25, -0.2) is 0 Å². The monoisotopic (exact) mass is 225 g/mol. The van der Waals surface area contributed by atoms with Gasteiger partial charge in [-0.3, -0.25) is 0 Å². The zero-order chi connectivity index (χ0) is 9.19. The van der Waals surface area contributed by atoms with Gasteiger partial charge in [-0.1, -0.05) is 28.1 Å². The Morgan fingerprint density at radius 3 is 2.33 bits per heavy atom. The Morgan fingerprint density at radius 2 is 1.92 bits per heavy atom. The van der Waals surface area contributed by atoms with E-state index in [9.17, 15) is 5.11 Å². The van der Waals surface area contributed by atoms with Crippen LogP contribution in [-0.4, -0.2) is 5.11 Å². The molecule has 1 atom stereocenters. The van der Waals surface area contributed by atoms with Crippen molar-refractivity contribution < 1.29 is 5.11 Å². The van der Waals surface area contributed by atoms with E-state index in [4.69, 9.17) is 5.26 Å². The minimum Gasteiger partial charge on any atom is -0.372 e. The van der Waals surface area contributed by atoms with Crippen molar-refractivity contribution in [1.82, 2.24) is 0 Å². The molecule has 3 heteroatoms. The predicted octanol–water partition coefficient (Wildman–Crippen LogP) is 2.18. The molecule has 0 bridgehead atoms. The van der Waals surface area contributed by atoms with Crippen molar-refractivity contribution in [3.63, 3.8) is 0 Å². The fraction of sp³-hybridized carbons (Fsp3) is 0.222. The predicted molar refractivity (Wildman–Crippen MR) is 49.3 cm³/mol. The molecule has 1 N–H and O–H groups in total. The molecule has 0 radical (unpaired) electrons. The summed E-state index contributed by atoms with van der Waals surface area (Å²) in [6.45, 7) is 1.47. The third-order valence-electron chi connectivity index (χ3n) is 1.62. The van der Waals surface area contributed by atoms with Crippen LogP contribution in [0.5, 0.6) is 0 Å². The minimum absolute atomic E-state index is 0.605. The van der Waals surface area contributed by atoms with Crippen molar-refractivity contribution in [2.75, 3.05) is 0 Å². The van der Waals surface area contributed by atoms with Gasteiger partial charge in [0.05, 0.1) is 0 Å². The van der Waals surface area contributed by atoms with E-state index in [2.05, 4.69) is 15.9 Å². The second kappa shape index (κ2) is 3.26. The van der Waals surface area contributed by atoms with E-state index in [1.54, 1.807) is 24.3 Å². The smallest absolute Gasteiger partial charge is 0.173 e. The first kappa shape index (κ1) is 9.24. The summed E-state index contributed by atoms with van der Waals surface area (Å²) in [5.74, 6) is 0. The van der Waals surface area contributed by atoms with Crippen LogP contribution in [0.4, 0.5) is 0 Å². The van der Waals surface area contributed by atoms with Crippen LogP contribution in [0.1, 0.15) is 12.5 Å². The summed E-state index contributed by atoms with van der Waals surface area (Å²) >= 11 is 3.27. The van der Waals surface area contributed by atoms with Crippen molar-refractivity contribution in [3.8, 4) is 6.07 Å². The second-order valence-electron chi connectivity index (χ2n) is 2.69. The number of rotatable bonds is 1. The number of hydrogen-bond acceptors (Lipinski definition) is 2. The molecule has 0 saturated heterocycles. The summed E-state index contributed by atoms with van der Waals surface area (Å²) in [6, 6.07) is 8.83. The van der Waals surface area contributed by atoms with Crippen molar-refractivity contribution in [1.29, 1.82) is 5.26 Å². The third kappa shape index (κ3) is 1.84. The highest BCUT2D eigenvalue weighted by Crippen LogP contribution is 2.21. The lowest BCUT2D eigenvalue weighted by molar-refractivity contribution is 0.119. The molecule has 12 heavy (non-hydrogen) atoms. The lowest BCUT2D eigenvalue weighted by Crippen LogP contribution is -2.17. The Hall–Kier alpha value is -0.850. The maximum Gasteiger partial charge on any atom is 0.173 e. The van der Waals surface area contributed by atoms with Gasteiger partial charge >= 0.3 is 0 Å².